The Labute approximate surface area is 264 Å². The molecule has 0 spiro atoms. The number of thiazole rings is 1. The van der Waals surface area contributed by atoms with Crippen LogP contribution in [0, 0.1) is 0 Å². The van der Waals surface area contributed by atoms with Crippen molar-refractivity contribution in [2.75, 3.05) is 51.7 Å². The molecule has 11 nitrogen and oxygen atoms in total. The number of nitrogens with zero attached hydrogens (tertiary/aromatic N) is 6. The molecule has 1 unspecified atom stereocenters. The average molecular weight is 642 g/mol. The number of rotatable bonds is 8. The molecule has 13 heteroatoms. The molecule has 2 amide bonds. The topological polar surface area (TPSA) is 113 Å². The summed E-state index contributed by atoms with van der Waals surface area (Å²) in [5.74, 6) is 1.37. The summed E-state index contributed by atoms with van der Waals surface area (Å²) in [6.45, 7) is 3.72. The number of carbonyl (C=O) groups is 1. The molecule has 44 heavy (non-hydrogen) atoms. The van der Waals surface area contributed by atoms with Gasteiger partial charge in [-0.3, -0.25) is 14.9 Å². The molecule has 2 aromatic heterocycles. The van der Waals surface area contributed by atoms with E-state index in [9.17, 15) is 13.2 Å². The molecule has 1 aliphatic carbocycles. The minimum Gasteiger partial charge on any atom is -0.496 e. The maximum absolute atomic E-state index is 13.4. The van der Waals surface area contributed by atoms with E-state index < -0.39 is 10.0 Å². The maximum atomic E-state index is 13.4. The van der Waals surface area contributed by atoms with E-state index in [1.807, 2.05) is 16.3 Å². The quantitative estimate of drug-likeness (QED) is 0.369. The molecule has 1 N–H and O–H groups in total. The van der Waals surface area contributed by atoms with Gasteiger partial charge in [-0.25, -0.2) is 18.2 Å². The molecule has 2 saturated heterocycles. The monoisotopic (exact) mass is 641 g/mol. The van der Waals surface area contributed by atoms with Crippen molar-refractivity contribution in [2.45, 2.75) is 68.2 Å². The van der Waals surface area contributed by atoms with Crippen LogP contribution in [0.15, 0.2) is 40.9 Å². The van der Waals surface area contributed by atoms with Crippen LogP contribution in [0.1, 0.15) is 62.8 Å². The molecule has 2 aliphatic heterocycles. The molecule has 0 bridgehead atoms. The fourth-order valence-corrected chi connectivity index (χ4v) is 9.18. The van der Waals surface area contributed by atoms with Crippen LogP contribution >= 0.6 is 11.3 Å². The molecule has 1 saturated carbocycles. The number of carbonyl (C=O) groups excluding carboxylic acids is 1. The lowest BCUT2D eigenvalue weighted by Crippen LogP contribution is -2.55. The number of aromatic nitrogens is 3. The highest BCUT2D eigenvalue weighted by atomic mass is 32.2. The van der Waals surface area contributed by atoms with Crippen LogP contribution in [0.2, 0.25) is 0 Å². The lowest BCUT2D eigenvalue weighted by atomic mass is 9.83. The van der Waals surface area contributed by atoms with Crippen LogP contribution in [0.25, 0.3) is 11.3 Å². The fourth-order valence-electron chi connectivity index (χ4n) is 6.81. The summed E-state index contributed by atoms with van der Waals surface area (Å²) < 4.78 is 35.6. The van der Waals surface area contributed by atoms with Crippen molar-refractivity contribution in [3.8, 4) is 17.0 Å². The van der Waals surface area contributed by atoms with Crippen LogP contribution in [-0.4, -0.2) is 95.7 Å². The van der Waals surface area contributed by atoms with E-state index in [0.29, 0.717) is 50.3 Å². The van der Waals surface area contributed by atoms with Gasteiger partial charge in [-0.1, -0.05) is 31.7 Å². The van der Waals surface area contributed by atoms with E-state index in [1.165, 1.54) is 59.9 Å². The van der Waals surface area contributed by atoms with Gasteiger partial charge in [0.25, 0.3) is 0 Å². The second-order valence-corrected chi connectivity index (χ2v) is 14.9. The first-order chi connectivity index (χ1) is 21.3. The molecular weight excluding hydrogens is 599 g/mol. The van der Waals surface area contributed by atoms with Gasteiger partial charge >= 0.3 is 6.03 Å². The highest BCUT2D eigenvalue weighted by molar-refractivity contribution is 7.89. The first-order valence-electron chi connectivity index (χ1n) is 15.7. The van der Waals surface area contributed by atoms with Crippen molar-refractivity contribution in [3.63, 3.8) is 0 Å². The Bertz CT molecular complexity index is 1540. The summed E-state index contributed by atoms with van der Waals surface area (Å²) in [7, 11) is -0.190. The summed E-state index contributed by atoms with van der Waals surface area (Å²) in [5.41, 5.74) is 3.11. The normalized spacial score (nSPS) is 21.0. The third kappa shape index (κ3) is 6.80. The second kappa shape index (κ2) is 13.6. The van der Waals surface area contributed by atoms with E-state index in [0.717, 1.165) is 36.3 Å². The first kappa shape index (κ1) is 31.0. The van der Waals surface area contributed by atoms with Crippen molar-refractivity contribution in [1.82, 2.24) is 28.9 Å². The zero-order chi connectivity index (χ0) is 30.7. The molecule has 1 aromatic carbocycles. The fraction of sp³-hybridized carbons (Fsp3) is 0.581. The summed E-state index contributed by atoms with van der Waals surface area (Å²) in [6, 6.07) is 6.18. The first-order valence-corrected chi connectivity index (χ1v) is 18.1. The number of anilines is 1. The molecular formula is C31H43N7O4S2. The highest BCUT2D eigenvalue weighted by Gasteiger charge is 2.36. The van der Waals surface area contributed by atoms with E-state index in [-0.39, 0.29) is 17.0 Å². The minimum absolute atomic E-state index is 0.0864. The van der Waals surface area contributed by atoms with E-state index in [4.69, 9.17) is 9.72 Å². The van der Waals surface area contributed by atoms with Gasteiger partial charge in [0.1, 0.15) is 10.6 Å². The molecule has 3 fully saturated rings. The number of piperazine rings is 1. The molecule has 1 atom stereocenters. The zero-order valence-corrected chi connectivity index (χ0v) is 27.3. The summed E-state index contributed by atoms with van der Waals surface area (Å²) >= 11 is 1.42. The third-order valence-electron chi connectivity index (χ3n) is 9.28. The number of ether oxygens (including phenoxy) is 1. The average Bonchev–Trinajstić information content (AvgIpc) is 3.71. The largest absolute Gasteiger partial charge is 0.496 e. The Morgan fingerprint density at radius 3 is 2.55 bits per heavy atom. The van der Waals surface area contributed by atoms with Crippen molar-refractivity contribution in [3.05, 3.63) is 41.5 Å². The van der Waals surface area contributed by atoms with Gasteiger partial charge in [0, 0.05) is 69.5 Å². The maximum Gasteiger partial charge on any atom is 0.323 e. The summed E-state index contributed by atoms with van der Waals surface area (Å²) in [5, 5.41) is 9.61. The van der Waals surface area contributed by atoms with Gasteiger partial charge < -0.3 is 9.64 Å². The van der Waals surface area contributed by atoms with Crippen molar-refractivity contribution < 1.29 is 17.9 Å². The molecule has 238 valence electrons. The van der Waals surface area contributed by atoms with Gasteiger partial charge in [-0.2, -0.15) is 9.40 Å². The molecule has 0 radical (unpaired) electrons. The van der Waals surface area contributed by atoms with Crippen LogP contribution in [0.5, 0.6) is 5.75 Å². The predicted molar refractivity (Wildman–Crippen MR) is 172 cm³/mol. The van der Waals surface area contributed by atoms with Crippen LogP contribution in [-0.2, 0) is 17.1 Å². The number of nitrogens with one attached hydrogen (secondary N) is 1. The number of piperidine rings is 1. The number of methoxy groups -OCH3 is 1. The second-order valence-electron chi connectivity index (χ2n) is 12.2. The minimum atomic E-state index is -3.60. The smallest absolute Gasteiger partial charge is 0.323 e. The van der Waals surface area contributed by atoms with Crippen molar-refractivity contribution in [1.29, 1.82) is 0 Å². The van der Waals surface area contributed by atoms with Gasteiger partial charge in [0.15, 0.2) is 5.13 Å². The van der Waals surface area contributed by atoms with E-state index >= 15 is 0 Å². The Kier molecular flexibility index (Phi) is 9.55. The van der Waals surface area contributed by atoms with Gasteiger partial charge in [-0.15, -0.1) is 11.3 Å². The lowest BCUT2D eigenvalue weighted by molar-refractivity contribution is 0.116. The molecule has 6 rings (SSSR count). The number of hydrogen-bond donors (Lipinski definition) is 1. The molecule has 4 heterocycles. The van der Waals surface area contributed by atoms with Crippen LogP contribution in [0.3, 0.4) is 0 Å². The van der Waals surface area contributed by atoms with Gasteiger partial charge in [0.2, 0.25) is 10.0 Å². The standard InChI is InChI=1S/C31H43N7O4S2/c1-35-21-26(19-32-35)44(40,41)38-13-7-6-10-25(38)20-36-14-16-37(17-15-36)31(39)34-30-33-28(22-43-30)27-18-24(11-12-29(27)42-2)23-8-4-3-5-9-23/h11-12,18-19,21-23,25H,3-10,13-17,20H2,1-2H3,(H,33,34,39). The predicted octanol–water partition coefficient (Wildman–Crippen LogP) is 4.99. The van der Waals surface area contributed by atoms with E-state index in [2.05, 4.69) is 27.4 Å². The summed E-state index contributed by atoms with van der Waals surface area (Å²) in [6.07, 6.45) is 12.0. The Hall–Kier alpha value is -3.00. The Morgan fingerprint density at radius 2 is 1.82 bits per heavy atom. The van der Waals surface area contributed by atoms with Crippen molar-refractivity contribution in [2.24, 2.45) is 7.05 Å². The summed E-state index contributed by atoms with van der Waals surface area (Å²) in [4.78, 5) is 22.3. The number of sulfonamides is 1. The highest BCUT2D eigenvalue weighted by Crippen LogP contribution is 2.39. The Morgan fingerprint density at radius 1 is 1.05 bits per heavy atom. The molecule has 3 aliphatic rings. The van der Waals surface area contributed by atoms with Gasteiger partial charge in [0.05, 0.1) is 19.0 Å². The van der Waals surface area contributed by atoms with E-state index in [1.54, 1.807) is 24.7 Å². The lowest BCUT2D eigenvalue weighted by Gasteiger charge is -2.40. The van der Waals surface area contributed by atoms with Crippen LogP contribution in [0.4, 0.5) is 9.93 Å². The van der Waals surface area contributed by atoms with Crippen LogP contribution < -0.4 is 10.1 Å². The third-order valence-corrected chi connectivity index (χ3v) is 11.9. The van der Waals surface area contributed by atoms with Crippen molar-refractivity contribution >= 4 is 32.5 Å². The number of urea groups is 1. The number of hydrogen-bond acceptors (Lipinski definition) is 8. The molecule has 3 aromatic rings. The number of benzene rings is 1. The SMILES string of the molecule is COc1ccc(C2CCCCC2)cc1-c1csc(NC(=O)N2CCN(CC3CCCCN3S(=O)(=O)c3cnn(C)c3)CC2)n1. The number of aryl methyl sites for hydroxylation is 1. The number of amides is 2. The Balaban J connectivity index is 1.04. The van der Waals surface area contributed by atoms with Gasteiger partial charge in [-0.05, 0) is 49.3 Å². The zero-order valence-electron chi connectivity index (χ0n) is 25.7.